The summed E-state index contributed by atoms with van der Waals surface area (Å²) >= 11 is 0. The van der Waals surface area contributed by atoms with Crippen molar-refractivity contribution in [2.45, 2.75) is 38.9 Å². The van der Waals surface area contributed by atoms with Gasteiger partial charge in [-0.1, -0.05) is 0 Å². The molecule has 0 bridgehead atoms. The summed E-state index contributed by atoms with van der Waals surface area (Å²) in [6, 6.07) is 8.15. The van der Waals surface area contributed by atoms with E-state index in [2.05, 4.69) is 10.2 Å². The standard InChI is InChI=1S/C22H23F2N3O2/c1-2-26-19-12-14(21(28)25-13-15-11-16(23)7-9-18(15)24)6-8-17(19)22(29)27-10-4-3-5-20(26)27/h6-9,11-12,20H,2-5,10,13H2,1H3,(H,25,28)/t20-/m0/s1. The van der Waals surface area contributed by atoms with Crippen molar-refractivity contribution in [1.82, 2.24) is 10.2 Å². The minimum Gasteiger partial charge on any atom is -0.351 e. The lowest BCUT2D eigenvalue weighted by atomic mass is 9.97. The van der Waals surface area contributed by atoms with Gasteiger partial charge in [0.1, 0.15) is 17.8 Å². The molecule has 0 unspecified atom stereocenters. The van der Waals surface area contributed by atoms with Crippen molar-refractivity contribution in [1.29, 1.82) is 0 Å². The zero-order valence-corrected chi connectivity index (χ0v) is 16.3. The van der Waals surface area contributed by atoms with Crippen LogP contribution in [0.4, 0.5) is 14.5 Å². The number of anilines is 1. The molecule has 4 rings (SSSR count). The second-order valence-corrected chi connectivity index (χ2v) is 7.41. The van der Waals surface area contributed by atoms with E-state index in [0.29, 0.717) is 11.1 Å². The Labute approximate surface area is 168 Å². The second kappa shape index (κ2) is 7.81. The van der Waals surface area contributed by atoms with E-state index in [0.717, 1.165) is 56.2 Å². The van der Waals surface area contributed by atoms with Crippen LogP contribution in [0.1, 0.15) is 52.5 Å². The average molecular weight is 399 g/mol. The van der Waals surface area contributed by atoms with Crippen LogP contribution >= 0.6 is 0 Å². The van der Waals surface area contributed by atoms with Crippen molar-refractivity contribution in [3.05, 3.63) is 64.7 Å². The SMILES string of the molecule is CCN1c2cc(C(=O)NCc3cc(F)ccc3F)ccc2C(=O)N2CCCC[C@H]21. The molecule has 0 radical (unpaired) electrons. The number of carbonyl (C=O) groups excluding carboxylic acids is 2. The van der Waals surface area contributed by atoms with Gasteiger partial charge in [0.2, 0.25) is 0 Å². The molecule has 2 amide bonds. The zero-order chi connectivity index (χ0) is 20.5. The number of halogens is 2. The summed E-state index contributed by atoms with van der Waals surface area (Å²) in [5, 5.41) is 2.63. The van der Waals surface area contributed by atoms with Crippen molar-refractivity contribution < 1.29 is 18.4 Å². The summed E-state index contributed by atoms with van der Waals surface area (Å²) in [6.45, 7) is 3.39. The van der Waals surface area contributed by atoms with Gasteiger partial charge >= 0.3 is 0 Å². The molecule has 1 atom stereocenters. The Morgan fingerprint density at radius 1 is 1.17 bits per heavy atom. The lowest BCUT2D eigenvalue weighted by molar-refractivity contribution is 0.0582. The van der Waals surface area contributed by atoms with Crippen LogP contribution in [0.15, 0.2) is 36.4 Å². The summed E-state index contributed by atoms with van der Waals surface area (Å²) in [5.74, 6) is -1.52. The third kappa shape index (κ3) is 3.57. The van der Waals surface area contributed by atoms with Gasteiger partial charge in [-0.25, -0.2) is 8.78 Å². The monoisotopic (exact) mass is 399 g/mol. The lowest BCUT2D eigenvalue weighted by Crippen LogP contribution is -2.57. The van der Waals surface area contributed by atoms with Gasteiger partial charge in [-0.15, -0.1) is 0 Å². The number of hydrogen-bond acceptors (Lipinski definition) is 3. The average Bonchev–Trinajstić information content (AvgIpc) is 2.74. The molecular formula is C22H23F2N3O2. The van der Waals surface area contributed by atoms with Crippen molar-refractivity contribution in [3.63, 3.8) is 0 Å². The molecule has 0 spiro atoms. The number of benzene rings is 2. The summed E-state index contributed by atoms with van der Waals surface area (Å²) in [6.07, 6.45) is 3.01. The molecule has 152 valence electrons. The summed E-state index contributed by atoms with van der Waals surface area (Å²) in [4.78, 5) is 29.6. The first-order valence-corrected chi connectivity index (χ1v) is 9.93. The van der Waals surface area contributed by atoms with E-state index in [9.17, 15) is 18.4 Å². The highest BCUT2D eigenvalue weighted by Crippen LogP contribution is 2.35. The summed E-state index contributed by atoms with van der Waals surface area (Å²) in [5.41, 5.74) is 1.82. The highest BCUT2D eigenvalue weighted by atomic mass is 19.1. The second-order valence-electron chi connectivity index (χ2n) is 7.41. The number of fused-ring (bicyclic) bond motifs is 2. The molecule has 2 aromatic rings. The fourth-order valence-electron chi connectivity index (χ4n) is 4.22. The predicted molar refractivity (Wildman–Crippen MR) is 106 cm³/mol. The Balaban J connectivity index is 1.58. The molecule has 29 heavy (non-hydrogen) atoms. The van der Waals surface area contributed by atoms with Crippen molar-refractivity contribution in [3.8, 4) is 0 Å². The number of carbonyl (C=O) groups is 2. The molecule has 5 nitrogen and oxygen atoms in total. The first kappa shape index (κ1) is 19.4. The van der Waals surface area contributed by atoms with Crippen LogP contribution in [-0.2, 0) is 6.54 Å². The number of piperidine rings is 1. The Hall–Kier alpha value is -2.96. The highest BCUT2D eigenvalue weighted by molar-refractivity contribution is 6.04. The number of amides is 2. The molecule has 0 saturated carbocycles. The van der Waals surface area contributed by atoms with Crippen LogP contribution in [0.2, 0.25) is 0 Å². The molecule has 2 aliphatic heterocycles. The van der Waals surface area contributed by atoms with Crippen LogP contribution in [0, 0.1) is 11.6 Å². The number of hydrogen-bond donors (Lipinski definition) is 1. The lowest BCUT2D eigenvalue weighted by Gasteiger charge is -2.47. The van der Waals surface area contributed by atoms with Crippen molar-refractivity contribution in [2.75, 3.05) is 18.0 Å². The molecule has 1 N–H and O–H groups in total. The smallest absolute Gasteiger partial charge is 0.257 e. The molecule has 1 saturated heterocycles. The predicted octanol–water partition coefficient (Wildman–Crippen LogP) is 3.69. The first-order valence-electron chi connectivity index (χ1n) is 9.93. The number of nitrogens with one attached hydrogen (secondary N) is 1. The Morgan fingerprint density at radius 3 is 2.79 bits per heavy atom. The maximum Gasteiger partial charge on any atom is 0.257 e. The maximum atomic E-state index is 13.8. The molecule has 0 aliphatic carbocycles. The molecule has 1 fully saturated rings. The van der Waals surface area contributed by atoms with E-state index in [4.69, 9.17) is 0 Å². The number of rotatable bonds is 4. The number of nitrogens with zero attached hydrogens (tertiary/aromatic N) is 2. The summed E-state index contributed by atoms with van der Waals surface area (Å²) in [7, 11) is 0. The van der Waals surface area contributed by atoms with Crippen LogP contribution in [0.5, 0.6) is 0 Å². The fourth-order valence-corrected chi connectivity index (χ4v) is 4.22. The summed E-state index contributed by atoms with van der Waals surface area (Å²) < 4.78 is 27.1. The van der Waals surface area contributed by atoms with Gasteiger partial charge in [0, 0.05) is 30.8 Å². The van der Waals surface area contributed by atoms with Gasteiger partial charge in [0.15, 0.2) is 0 Å². The molecule has 0 aromatic heterocycles. The fraction of sp³-hybridized carbons (Fsp3) is 0.364. The van der Waals surface area contributed by atoms with Gasteiger partial charge in [-0.2, -0.15) is 0 Å². The van der Waals surface area contributed by atoms with Gasteiger partial charge in [0.25, 0.3) is 11.8 Å². The minimum absolute atomic E-state index is 0.00295. The minimum atomic E-state index is -0.572. The topological polar surface area (TPSA) is 52.7 Å². The first-order chi connectivity index (χ1) is 14.0. The van der Waals surface area contributed by atoms with E-state index in [-0.39, 0.29) is 24.2 Å². The zero-order valence-electron chi connectivity index (χ0n) is 16.3. The van der Waals surface area contributed by atoms with E-state index < -0.39 is 17.5 Å². The van der Waals surface area contributed by atoms with E-state index >= 15 is 0 Å². The van der Waals surface area contributed by atoms with Crippen LogP contribution in [-0.4, -0.2) is 36.0 Å². The molecule has 2 aliphatic rings. The van der Waals surface area contributed by atoms with E-state index in [1.807, 2.05) is 11.8 Å². The molecule has 2 heterocycles. The molecule has 2 aromatic carbocycles. The maximum absolute atomic E-state index is 13.8. The quantitative estimate of drug-likeness (QED) is 0.853. The molecule has 7 heteroatoms. The third-order valence-corrected chi connectivity index (χ3v) is 5.68. The van der Waals surface area contributed by atoms with Gasteiger partial charge in [0.05, 0.1) is 11.3 Å². The van der Waals surface area contributed by atoms with Gasteiger partial charge in [-0.05, 0) is 62.6 Å². The van der Waals surface area contributed by atoms with E-state index in [1.54, 1.807) is 18.2 Å². The largest absolute Gasteiger partial charge is 0.351 e. The Bertz CT molecular complexity index is 963. The van der Waals surface area contributed by atoms with Crippen LogP contribution < -0.4 is 10.2 Å². The normalized spacial score (nSPS) is 18.3. The Morgan fingerprint density at radius 2 is 2.00 bits per heavy atom. The van der Waals surface area contributed by atoms with Crippen LogP contribution in [0.3, 0.4) is 0 Å². The van der Waals surface area contributed by atoms with Gasteiger partial charge < -0.3 is 15.1 Å². The Kier molecular flexibility index (Phi) is 5.22. The van der Waals surface area contributed by atoms with Crippen molar-refractivity contribution >= 4 is 17.5 Å². The van der Waals surface area contributed by atoms with Crippen LogP contribution in [0.25, 0.3) is 0 Å². The molecular weight excluding hydrogens is 376 g/mol. The van der Waals surface area contributed by atoms with Crippen molar-refractivity contribution in [2.24, 2.45) is 0 Å². The highest BCUT2D eigenvalue weighted by Gasteiger charge is 2.38. The van der Waals surface area contributed by atoms with Gasteiger partial charge in [-0.3, -0.25) is 9.59 Å². The third-order valence-electron chi connectivity index (χ3n) is 5.68. The van der Waals surface area contributed by atoms with E-state index in [1.165, 1.54) is 0 Å².